The van der Waals surface area contributed by atoms with E-state index in [1.54, 1.807) is 17.8 Å². The number of carbonyl (C=O) groups is 1. The Labute approximate surface area is 101 Å². The van der Waals surface area contributed by atoms with Crippen molar-refractivity contribution >= 4 is 45.1 Å². The van der Waals surface area contributed by atoms with Gasteiger partial charge in [-0.05, 0) is 18.4 Å². The summed E-state index contributed by atoms with van der Waals surface area (Å²) in [6.45, 7) is 0. The molecule has 0 atom stereocenters. The number of hydrogen-bond donors (Lipinski definition) is 0. The third-order valence-corrected chi connectivity index (χ3v) is 3.41. The van der Waals surface area contributed by atoms with Crippen LogP contribution in [0.15, 0.2) is 23.1 Å². The van der Waals surface area contributed by atoms with E-state index >= 15 is 0 Å². The molecule has 0 saturated carbocycles. The van der Waals surface area contributed by atoms with Crippen LogP contribution >= 0.6 is 39.3 Å². The van der Waals surface area contributed by atoms with Crippen molar-refractivity contribution in [3.63, 3.8) is 0 Å². The normalized spacial score (nSPS) is 10.2. The lowest BCUT2D eigenvalue weighted by Gasteiger charge is -2.03. The number of thioether (sulfide) groups is 1. The van der Waals surface area contributed by atoms with E-state index in [0.717, 1.165) is 4.90 Å². The van der Waals surface area contributed by atoms with Gasteiger partial charge in [0.25, 0.3) is 0 Å². The summed E-state index contributed by atoms with van der Waals surface area (Å²) in [5.74, 6) is 0.122. The van der Waals surface area contributed by atoms with Crippen LogP contribution in [0.25, 0.3) is 0 Å². The number of Topliss-reactive ketones (excluding diaryl/α,β-unsaturated/α-hetero) is 1. The highest BCUT2D eigenvalue weighted by molar-refractivity contribution is 9.09. The fraction of sp³-hybridized carbons (Fsp3) is 0.300. The van der Waals surface area contributed by atoms with Crippen LogP contribution in [0, 0.1) is 0 Å². The first-order valence-corrected chi connectivity index (χ1v) is 6.84. The van der Waals surface area contributed by atoms with Gasteiger partial charge in [-0.25, -0.2) is 0 Å². The van der Waals surface area contributed by atoms with E-state index in [9.17, 15) is 4.79 Å². The average Bonchev–Trinajstić information content (AvgIpc) is 2.18. The maximum absolute atomic E-state index is 11.5. The molecule has 0 aromatic heterocycles. The maximum atomic E-state index is 11.5. The summed E-state index contributed by atoms with van der Waals surface area (Å²) in [5, 5.41) is 1.34. The van der Waals surface area contributed by atoms with Gasteiger partial charge in [0.15, 0.2) is 5.78 Å². The first-order chi connectivity index (χ1) is 6.69. The molecule has 4 heteroatoms. The molecule has 0 heterocycles. The zero-order valence-electron chi connectivity index (χ0n) is 7.72. The molecule has 0 aliphatic carbocycles. The molecule has 0 bridgehead atoms. The molecule has 0 radical (unpaired) electrons. The summed E-state index contributed by atoms with van der Waals surface area (Å²) >= 11 is 10.8. The van der Waals surface area contributed by atoms with E-state index in [0.29, 0.717) is 22.3 Å². The molecule has 0 aliphatic rings. The molecule has 0 fully saturated rings. The van der Waals surface area contributed by atoms with Crippen molar-refractivity contribution in [2.75, 3.05) is 11.6 Å². The van der Waals surface area contributed by atoms with Crippen LogP contribution in [0.4, 0.5) is 0 Å². The first-order valence-electron chi connectivity index (χ1n) is 4.11. The molecule has 1 nitrogen and oxygen atoms in total. The Kier molecular flexibility index (Phi) is 4.99. The number of ketones is 1. The predicted octanol–water partition coefficient (Wildman–Crippen LogP) is 4.03. The summed E-state index contributed by atoms with van der Waals surface area (Å²) in [4.78, 5) is 12.5. The highest BCUT2D eigenvalue weighted by Gasteiger charge is 2.07. The zero-order chi connectivity index (χ0) is 10.6. The third kappa shape index (κ3) is 3.01. The SMILES string of the molecule is CSc1ccc(C(=O)CCBr)cc1Cl. The highest BCUT2D eigenvalue weighted by atomic mass is 79.9. The lowest BCUT2D eigenvalue weighted by molar-refractivity contribution is 0.0990. The molecule has 0 amide bonds. The largest absolute Gasteiger partial charge is 0.294 e. The zero-order valence-corrected chi connectivity index (χ0v) is 10.9. The second-order valence-electron chi connectivity index (χ2n) is 2.71. The van der Waals surface area contributed by atoms with Gasteiger partial charge in [0, 0.05) is 22.2 Å². The Balaban J connectivity index is 2.91. The van der Waals surface area contributed by atoms with Crippen molar-refractivity contribution in [2.24, 2.45) is 0 Å². The Hall–Kier alpha value is 0.01000. The minimum atomic E-state index is 0.122. The molecule has 14 heavy (non-hydrogen) atoms. The molecule has 0 N–H and O–H groups in total. The van der Waals surface area contributed by atoms with Crippen molar-refractivity contribution in [2.45, 2.75) is 11.3 Å². The van der Waals surface area contributed by atoms with Crippen molar-refractivity contribution in [1.82, 2.24) is 0 Å². The topological polar surface area (TPSA) is 17.1 Å². The van der Waals surface area contributed by atoms with Crippen molar-refractivity contribution in [1.29, 1.82) is 0 Å². The fourth-order valence-electron chi connectivity index (χ4n) is 1.07. The Morgan fingerprint density at radius 3 is 2.79 bits per heavy atom. The van der Waals surface area contributed by atoms with Crippen molar-refractivity contribution in [3.8, 4) is 0 Å². The number of halogens is 2. The van der Waals surface area contributed by atoms with E-state index in [-0.39, 0.29) is 5.78 Å². The minimum Gasteiger partial charge on any atom is -0.294 e. The number of hydrogen-bond acceptors (Lipinski definition) is 2. The van der Waals surface area contributed by atoms with Gasteiger partial charge in [-0.1, -0.05) is 33.6 Å². The minimum absolute atomic E-state index is 0.122. The molecule has 0 spiro atoms. The Bertz CT molecular complexity index is 341. The molecule has 0 saturated heterocycles. The quantitative estimate of drug-likeness (QED) is 0.474. The van der Waals surface area contributed by atoms with E-state index in [1.807, 2.05) is 18.4 Å². The van der Waals surface area contributed by atoms with Crippen molar-refractivity contribution < 1.29 is 4.79 Å². The van der Waals surface area contributed by atoms with Crippen molar-refractivity contribution in [3.05, 3.63) is 28.8 Å². The second-order valence-corrected chi connectivity index (χ2v) is 4.76. The van der Waals surface area contributed by atoms with Gasteiger partial charge in [-0.2, -0.15) is 0 Å². The smallest absolute Gasteiger partial charge is 0.163 e. The highest BCUT2D eigenvalue weighted by Crippen LogP contribution is 2.26. The van der Waals surface area contributed by atoms with E-state index in [4.69, 9.17) is 11.6 Å². The van der Waals surface area contributed by atoms with Crippen LogP contribution in [0.5, 0.6) is 0 Å². The van der Waals surface area contributed by atoms with E-state index < -0.39 is 0 Å². The predicted molar refractivity (Wildman–Crippen MR) is 66.0 cm³/mol. The van der Waals surface area contributed by atoms with Gasteiger partial charge in [0.2, 0.25) is 0 Å². The van der Waals surface area contributed by atoms with Gasteiger partial charge < -0.3 is 0 Å². The van der Waals surface area contributed by atoms with Gasteiger partial charge >= 0.3 is 0 Å². The Morgan fingerprint density at radius 2 is 2.29 bits per heavy atom. The molecular weight excluding hydrogens is 284 g/mol. The van der Waals surface area contributed by atoms with Crippen LogP contribution < -0.4 is 0 Å². The summed E-state index contributed by atoms with van der Waals surface area (Å²) in [7, 11) is 0. The van der Waals surface area contributed by atoms with Crippen LogP contribution in [0.3, 0.4) is 0 Å². The lowest BCUT2D eigenvalue weighted by atomic mass is 10.1. The summed E-state index contributed by atoms with van der Waals surface area (Å²) in [6.07, 6.45) is 2.47. The van der Waals surface area contributed by atoms with Gasteiger partial charge in [0.05, 0.1) is 5.02 Å². The average molecular weight is 294 g/mol. The molecular formula is C10H10BrClOS. The first kappa shape index (κ1) is 12.1. The van der Waals surface area contributed by atoms with Gasteiger partial charge in [-0.3, -0.25) is 4.79 Å². The van der Waals surface area contributed by atoms with E-state index in [2.05, 4.69) is 15.9 Å². The van der Waals surface area contributed by atoms with Crippen LogP contribution in [0.2, 0.25) is 5.02 Å². The molecule has 76 valence electrons. The summed E-state index contributed by atoms with van der Waals surface area (Å²) < 4.78 is 0. The number of carbonyl (C=O) groups excluding carboxylic acids is 1. The van der Waals surface area contributed by atoms with E-state index in [1.165, 1.54) is 0 Å². The van der Waals surface area contributed by atoms with Crippen LogP contribution in [0.1, 0.15) is 16.8 Å². The Morgan fingerprint density at radius 1 is 1.57 bits per heavy atom. The monoisotopic (exact) mass is 292 g/mol. The lowest BCUT2D eigenvalue weighted by Crippen LogP contribution is -1.99. The number of benzene rings is 1. The maximum Gasteiger partial charge on any atom is 0.163 e. The van der Waals surface area contributed by atoms with Gasteiger partial charge in [0.1, 0.15) is 0 Å². The number of rotatable bonds is 4. The molecule has 1 aromatic rings. The van der Waals surface area contributed by atoms with Gasteiger partial charge in [-0.15, -0.1) is 11.8 Å². The summed E-state index contributed by atoms with van der Waals surface area (Å²) in [6, 6.07) is 5.44. The molecule has 1 aromatic carbocycles. The van der Waals surface area contributed by atoms with Crippen LogP contribution in [-0.4, -0.2) is 17.4 Å². The molecule has 0 aliphatic heterocycles. The van der Waals surface area contributed by atoms with Crippen LogP contribution in [-0.2, 0) is 0 Å². The molecule has 1 rings (SSSR count). The standard InChI is InChI=1S/C10H10BrClOS/c1-14-10-3-2-7(6-8(10)12)9(13)4-5-11/h2-3,6H,4-5H2,1H3. The number of alkyl halides is 1. The third-order valence-electron chi connectivity index (χ3n) is 1.80. The molecule has 0 unspecified atom stereocenters. The fourth-order valence-corrected chi connectivity index (χ4v) is 2.30. The second kappa shape index (κ2) is 5.79. The summed E-state index contributed by atoms with van der Waals surface area (Å²) in [5.41, 5.74) is 0.687.